The van der Waals surface area contributed by atoms with E-state index in [0.717, 1.165) is 16.1 Å². The van der Waals surface area contributed by atoms with Gasteiger partial charge < -0.3 is 4.74 Å². The normalized spacial score (nSPS) is 11.4. The fraction of sp³-hybridized carbons (Fsp3) is 0.579. The first-order valence-electron chi connectivity index (χ1n) is 9.29. The molecule has 1 aromatic rings. The minimum Gasteiger partial charge on any atom is -0.468 e. The molecule has 0 aromatic heterocycles. The minimum absolute atomic E-state index is 0.0804. The first kappa shape index (κ1) is 28.7. The van der Waals surface area contributed by atoms with Crippen molar-refractivity contribution in [3.05, 3.63) is 29.8 Å². The zero-order valence-electron chi connectivity index (χ0n) is 18.2. The van der Waals surface area contributed by atoms with Crippen molar-refractivity contribution in [3.8, 4) is 0 Å². The maximum atomic E-state index is 11.9. The molecule has 0 radical (unpaired) electrons. The Morgan fingerprint density at radius 1 is 1.11 bits per heavy atom. The zero-order valence-corrected chi connectivity index (χ0v) is 20.2. The van der Waals surface area contributed by atoms with Crippen LogP contribution < -0.4 is 4.31 Å². The number of carbonyl (C=O) groups excluding carboxylic acids is 2. The summed E-state index contributed by atoms with van der Waals surface area (Å²) in [5.74, 6) is -0.863. The van der Waals surface area contributed by atoms with E-state index in [1.807, 2.05) is 27.7 Å². The van der Waals surface area contributed by atoms with E-state index in [0.29, 0.717) is 6.42 Å². The number of anilines is 1. The Kier molecular flexibility index (Phi) is 14.9. The van der Waals surface area contributed by atoms with Gasteiger partial charge >= 0.3 is 5.97 Å². The number of nitrogens with zero attached hydrogens (tertiary/aromatic N) is 2. The number of benzene rings is 1. The van der Waals surface area contributed by atoms with Gasteiger partial charge in [0.25, 0.3) is 0 Å². The van der Waals surface area contributed by atoms with Crippen molar-refractivity contribution in [2.45, 2.75) is 53.5 Å². The topological polar surface area (TPSA) is 84.0 Å². The SMILES string of the molecule is CC.CC.CCC(=O)N(c1ccc(C[C@@H](C(=O)OC)N(C)P)cc1)S(C)(=O)=O. The molecule has 0 saturated heterocycles. The predicted molar refractivity (Wildman–Crippen MR) is 119 cm³/mol. The fourth-order valence-corrected chi connectivity index (χ4v) is 3.42. The summed E-state index contributed by atoms with van der Waals surface area (Å²) < 4.78 is 30.9. The van der Waals surface area contributed by atoms with Gasteiger partial charge in [-0.3, -0.25) is 14.3 Å². The molecule has 0 heterocycles. The highest BCUT2D eigenvalue weighted by atomic mass is 32.2. The van der Waals surface area contributed by atoms with Gasteiger partial charge in [-0.15, -0.1) is 0 Å². The zero-order chi connectivity index (χ0) is 22.5. The van der Waals surface area contributed by atoms with E-state index in [-0.39, 0.29) is 18.1 Å². The molecule has 0 bridgehead atoms. The number of hydrogen-bond acceptors (Lipinski definition) is 6. The molecule has 0 saturated carbocycles. The van der Waals surface area contributed by atoms with Crippen LogP contribution in [0.2, 0.25) is 0 Å². The smallest absolute Gasteiger partial charge is 0.323 e. The fourth-order valence-electron chi connectivity index (χ4n) is 2.18. The molecule has 1 aromatic carbocycles. The molecule has 162 valence electrons. The Balaban J connectivity index is 0. The molecule has 9 heteroatoms. The molecule has 0 spiro atoms. The summed E-state index contributed by atoms with van der Waals surface area (Å²) in [7, 11) is 1.80. The molecule has 0 aliphatic heterocycles. The summed E-state index contributed by atoms with van der Waals surface area (Å²) in [4.78, 5) is 23.7. The molecule has 0 N–H and O–H groups in total. The van der Waals surface area contributed by atoms with Crippen LogP contribution in [0.5, 0.6) is 0 Å². The first-order chi connectivity index (χ1) is 13.1. The maximum absolute atomic E-state index is 11.9. The Morgan fingerprint density at radius 3 is 1.89 bits per heavy atom. The Bertz CT molecular complexity index is 691. The molecular formula is C19H35N2O5PS. The van der Waals surface area contributed by atoms with Crippen LogP contribution in [-0.2, 0) is 30.8 Å². The van der Waals surface area contributed by atoms with Gasteiger partial charge in [0.2, 0.25) is 15.9 Å². The van der Waals surface area contributed by atoms with E-state index in [1.165, 1.54) is 7.11 Å². The van der Waals surface area contributed by atoms with E-state index in [9.17, 15) is 18.0 Å². The molecule has 2 atom stereocenters. The second-order valence-corrected chi connectivity index (χ2v) is 8.00. The van der Waals surface area contributed by atoms with Crippen LogP contribution >= 0.6 is 9.39 Å². The van der Waals surface area contributed by atoms with Crippen LogP contribution in [0.25, 0.3) is 0 Å². The van der Waals surface area contributed by atoms with Crippen molar-refractivity contribution in [2.24, 2.45) is 0 Å². The molecule has 1 rings (SSSR count). The minimum atomic E-state index is -3.70. The summed E-state index contributed by atoms with van der Waals surface area (Å²) in [5, 5.41) is 0. The molecule has 0 aliphatic carbocycles. The highest BCUT2D eigenvalue weighted by Crippen LogP contribution is 2.21. The van der Waals surface area contributed by atoms with Gasteiger partial charge in [0.1, 0.15) is 6.04 Å². The first-order valence-corrected chi connectivity index (χ1v) is 11.7. The lowest BCUT2D eigenvalue weighted by molar-refractivity contribution is -0.144. The van der Waals surface area contributed by atoms with Gasteiger partial charge in [0.15, 0.2) is 0 Å². The van der Waals surface area contributed by atoms with Crippen molar-refractivity contribution in [2.75, 3.05) is 24.7 Å². The van der Waals surface area contributed by atoms with Crippen molar-refractivity contribution < 1.29 is 22.7 Å². The number of sulfonamides is 1. The Hall–Kier alpha value is -1.50. The average molecular weight is 435 g/mol. The maximum Gasteiger partial charge on any atom is 0.323 e. The summed E-state index contributed by atoms with van der Waals surface area (Å²) >= 11 is 0. The summed E-state index contributed by atoms with van der Waals surface area (Å²) in [6.45, 7) is 9.60. The number of hydrogen-bond donors (Lipinski definition) is 0. The second kappa shape index (κ2) is 14.5. The van der Waals surface area contributed by atoms with Gasteiger partial charge in [-0.1, -0.05) is 56.1 Å². The lowest BCUT2D eigenvalue weighted by Crippen LogP contribution is -2.36. The Morgan fingerprint density at radius 2 is 1.57 bits per heavy atom. The number of ether oxygens (including phenoxy) is 1. The van der Waals surface area contributed by atoms with Crippen molar-refractivity contribution in [1.82, 2.24) is 4.67 Å². The summed E-state index contributed by atoms with van der Waals surface area (Å²) in [6.07, 6.45) is 1.47. The number of methoxy groups -OCH3 is 1. The van der Waals surface area contributed by atoms with Crippen LogP contribution in [-0.4, -0.2) is 51.4 Å². The van der Waals surface area contributed by atoms with E-state index < -0.39 is 22.0 Å². The highest BCUT2D eigenvalue weighted by Gasteiger charge is 2.25. The van der Waals surface area contributed by atoms with Crippen molar-refractivity contribution >= 4 is 37.0 Å². The van der Waals surface area contributed by atoms with Gasteiger partial charge in [-0.25, -0.2) is 12.7 Å². The predicted octanol–water partition coefficient (Wildman–Crippen LogP) is 3.25. The quantitative estimate of drug-likeness (QED) is 0.484. The average Bonchev–Trinajstić information content (AvgIpc) is 2.68. The van der Waals surface area contributed by atoms with Crippen molar-refractivity contribution in [1.29, 1.82) is 0 Å². The van der Waals surface area contributed by atoms with E-state index in [2.05, 4.69) is 9.39 Å². The van der Waals surface area contributed by atoms with E-state index in [4.69, 9.17) is 4.74 Å². The largest absolute Gasteiger partial charge is 0.468 e. The molecule has 28 heavy (non-hydrogen) atoms. The van der Waals surface area contributed by atoms with Crippen LogP contribution in [0.1, 0.15) is 46.6 Å². The number of carbonyl (C=O) groups is 2. The third-order valence-corrected chi connectivity index (χ3v) is 4.86. The van der Waals surface area contributed by atoms with Gasteiger partial charge in [0.05, 0.1) is 19.1 Å². The van der Waals surface area contributed by atoms with Gasteiger partial charge in [-0.05, 0) is 31.2 Å². The van der Waals surface area contributed by atoms with Crippen LogP contribution in [0.3, 0.4) is 0 Å². The summed E-state index contributed by atoms with van der Waals surface area (Å²) in [5.41, 5.74) is 1.10. The van der Waals surface area contributed by atoms with E-state index in [1.54, 1.807) is 42.9 Å². The third kappa shape index (κ3) is 9.13. The van der Waals surface area contributed by atoms with Gasteiger partial charge in [-0.2, -0.15) is 0 Å². The monoisotopic (exact) mass is 434 g/mol. The molecule has 7 nitrogen and oxygen atoms in total. The van der Waals surface area contributed by atoms with Crippen LogP contribution in [0.15, 0.2) is 24.3 Å². The number of amides is 1. The van der Waals surface area contributed by atoms with Crippen molar-refractivity contribution in [3.63, 3.8) is 0 Å². The highest BCUT2D eigenvalue weighted by molar-refractivity contribution is 7.92. The second-order valence-electron chi connectivity index (χ2n) is 5.35. The number of likely N-dealkylation sites (N-methyl/N-ethyl adjacent to an activating group) is 1. The molecule has 1 unspecified atom stereocenters. The summed E-state index contributed by atoms with van der Waals surface area (Å²) in [6, 6.07) is 6.03. The van der Waals surface area contributed by atoms with Crippen LogP contribution in [0, 0.1) is 0 Å². The third-order valence-electron chi connectivity index (χ3n) is 3.43. The molecule has 0 fully saturated rings. The standard InChI is InChI=1S/C15H23N2O5PS.2C2H6/c1-5-14(18)17(24(4,20)21)12-8-6-11(7-9-12)10-13(16(2)23)15(19)22-3;2*1-2/h6-9,13H,5,10,23H2,1-4H3;2*1-2H3/t13-;;/m0../s1. The lowest BCUT2D eigenvalue weighted by atomic mass is 10.1. The molecule has 1 amide bonds. The number of esters is 1. The molecule has 0 aliphatic rings. The van der Waals surface area contributed by atoms with Gasteiger partial charge in [0, 0.05) is 6.42 Å². The number of rotatable bonds is 7. The van der Waals surface area contributed by atoms with E-state index >= 15 is 0 Å². The molecular weight excluding hydrogens is 399 g/mol. The Labute approximate surface area is 172 Å². The lowest BCUT2D eigenvalue weighted by Gasteiger charge is -2.22. The van der Waals surface area contributed by atoms with Crippen LogP contribution in [0.4, 0.5) is 5.69 Å².